The fourth-order valence-corrected chi connectivity index (χ4v) is 2.54. The highest BCUT2D eigenvalue weighted by Gasteiger charge is 2.20. The Balaban J connectivity index is 1.93. The highest BCUT2D eigenvalue weighted by Crippen LogP contribution is 2.25. The normalized spacial score (nSPS) is 15.3. The van der Waals surface area contributed by atoms with E-state index in [1.807, 2.05) is 0 Å². The Hall–Kier alpha value is -1.93. The molecule has 0 spiro atoms. The van der Waals surface area contributed by atoms with Gasteiger partial charge in [0.05, 0.1) is 33.1 Å². The highest BCUT2D eigenvalue weighted by molar-refractivity contribution is 6.28. The van der Waals surface area contributed by atoms with Crippen LogP contribution in [0.25, 0.3) is 11.2 Å². The summed E-state index contributed by atoms with van der Waals surface area (Å²) in [5, 5.41) is 0.161. The predicted octanol–water partition coefficient (Wildman–Crippen LogP) is 0.879. The first-order chi connectivity index (χ1) is 10.7. The van der Waals surface area contributed by atoms with Crippen molar-refractivity contribution in [3.8, 4) is 0 Å². The number of aromatic nitrogens is 4. The van der Waals surface area contributed by atoms with E-state index in [4.69, 9.17) is 16.3 Å². The van der Waals surface area contributed by atoms with Crippen molar-refractivity contribution < 1.29 is 14.3 Å². The summed E-state index contributed by atoms with van der Waals surface area (Å²) in [6.45, 7) is 3.19. The summed E-state index contributed by atoms with van der Waals surface area (Å²) >= 11 is 6.05. The number of carbonyl (C=O) groups is 1. The highest BCUT2D eigenvalue weighted by atomic mass is 35.5. The van der Waals surface area contributed by atoms with Crippen LogP contribution in [0, 0.1) is 0 Å². The van der Waals surface area contributed by atoms with Crippen LogP contribution >= 0.6 is 11.6 Å². The van der Waals surface area contributed by atoms with Crippen molar-refractivity contribution >= 4 is 34.6 Å². The molecule has 0 saturated carbocycles. The summed E-state index contributed by atoms with van der Waals surface area (Å²) in [4.78, 5) is 26.3. The maximum absolute atomic E-state index is 11.3. The van der Waals surface area contributed by atoms with Crippen LogP contribution in [0.5, 0.6) is 0 Å². The number of aryl methyl sites for hydroxylation is 1. The Kier molecular flexibility index (Phi) is 4.39. The smallest absolute Gasteiger partial charge is 0.307 e. The maximum atomic E-state index is 11.3. The molecule has 1 aliphatic rings. The lowest BCUT2D eigenvalue weighted by molar-refractivity contribution is -0.140. The fraction of sp³-hybridized carbons (Fsp3) is 0.538. The summed E-state index contributed by atoms with van der Waals surface area (Å²) in [7, 11) is 1.37. The van der Waals surface area contributed by atoms with Crippen LogP contribution in [0.3, 0.4) is 0 Å². The third kappa shape index (κ3) is 2.97. The number of rotatable bonds is 4. The lowest BCUT2D eigenvalue weighted by Gasteiger charge is -2.27. The zero-order chi connectivity index (χ0) is 15.5. The van der Waals surface area contributed by atoms with Gasteiger partial charge in [0.2, 0.25) is 5.28 Å². The molecule has 8 nitrogen and oxygen atoms in total. The number of nitrogens with zero attached hydrogens (tertiary/aromatic N) is 5. The van der Waals surface area contributed by atoms with E-state index in [2.05, 4.69) is 24.6 Å². The summed E-state index contributed by atoms with van der Waals surface area (Å²) in [5.74, 6) is 0.422. The van der Waals surface area contributed by atoms with Crippen molar-refractivity contribution in [1.29, 1.82) is 0 Å². The second-order valence-corrected chi connectivity index (χ2v) is 5.19. The van der Waals surface area contributed by atoms with Gasteiger partial charge in [-0.05, 0) is 11.6 Å². The van der Waals surface area contributed by atoms with E-state index in [0.29, 0.717) is 36.7 Å². The van der Waals surface area contributed by atoms with Gasteiger partial charge in [0.25, 0.3) is 0 Å². The second-order valence-electron chi connectivity index (χ2n) is 4.85. The predicted molar refractivity (Wildman–Crippen MR) is 80.0 cm³/mol. The Morgan fingerprint density at radius 2 is 2.18 bits per heavy atom. The second kappa shape index (κ2) is 6.45. The molecule has 9 heteroatoms. The van der Waals surface area contributed by atoms with Crippen LogP contribution in [0.2, 0.25) is 5.28 Å². The van der Waals surface area contributed by atoms with Crippen LogP contribution in [-0.4, -0.2) is 58.9 Å². The first kappa shape index (κ1) is 15.0. The largest absolute Gasteiger partial charge is 0.469 e. The van der Waals surface area contributed by atoms with Gasteiger partial charge in [0.15, 0.2) is 17.0 Å². The molecule has 1 aliphatic heterocycles. The third-order valence-corrected chi connectivity index (χ3v) is 3.68. The van der Waals surface area contributed by atoms with Crippen molar-refractivity contribution in [2.75, 3.05) is 38.3 Å². The molecule has 0 bridgehead atoms. The average Bonchev–Trinajstić information content (AvgIpc) is 2.95. The number of ether oxygens (including phenoxy) is 2. The van der Waals surface area contributed by atoms with Gasteiger partial charge in [-0.1, -0.05) is 0 Å². The number of hydrogen-bond donors (Lipinski definition) is 0. The summed E-state index contributed by atoms with van der Waals surface area (Å²) in [6.07, 6.45) is 1.89. The summed E-state index contributed by atoms with van der Waals surface area (Å²) < 4.78 is 11.8. The Bertz CT molecular complexity index is 684. The van der Waals surface area contributed by atoms with Gasteiger partial charge in [-0.3, -0.25) is 4.79 Å². The van der Waals surface area contributed by atoms with E-state index in [1.54, 1.807) is 10.9 Å². The SMILES string of the molecule is COC(=O)CCn1cnc2c(N3CCOCC3)nc(Cl)nc21. The Morgan fingerprint density at radius 1 is 1.41 bits per heavy atom. The minimum Gasteiger partial charge on any atom is -0.469 e. The number of hydrogen-bond acceptors (Lipinski definition) is 7. The first-order valence-corrected chi connectivity index (χ1v) is 7.34. The van der Waals surface area contributed by atoms with Crippen LogP contribution in [0.15, 0.2) is 6.33 Å². The molecule has 2 aromatic rings. The number of esters is 1. The molecule has 0 N–H and O–H groups in total. The van der Waals surface area contributed by atoms with Crippen molar-refractivity contribution in [2.24, 2.45) is 0 Å². The molecule has 0 atom stereocenters. The third-order valence-electron chi connectivity index (χ3n) is 3.51. The number of morpholine rings is 1. The van der Waals surface area contributed by atoms with E-state index in [9.17, 15) is 4.79 Å². The van der Waals surface area contributed by atoms with Crippen molar-refractivity contribution in [3.63, 3.8) is 0 Å². The molecule has 0 aromatic carbocycles. The topological polar surface area (TPSA) is 82.4 Å². The van der Waals surface area contributed by atoms with E-state index in [1.165, 1.54) is 7.11 Å². The van der Waals surface area contributed by atoms with Crippen molar-refractivity contribution in [2.45, 2.75) is 13.0 Å². The van der Waals surface area contributed by atoms with Gasteiger partial charge in [0.1, 0.15) is 0 Å². The molecule has 22 heavy (non-hydrogen) atoms. The zero-order valence-electron chi connectivity index (χ0n) is 12.2. The minimum atomic E-state index is -0.282. The monoisotopic (exact) mass is 325 g/mol. The van der Waals surface area contributed by atoms with Crippen LogP contribution in [-0.2, 0) is 20.8 Å². The Morgan fingerprint density at radius 3 is 2.91 bits per heavy atom. The summed E-state index contributed by atoms with van der Waals surface area (Å²) in [6, 6.07) is 0. The number of halogens is 1. The standard InChI is InChI=1S/C13H16ClN5O3/c1-21-9(20)2-3-19-8-15-10-11(16-13(14)17-12(10)19)18-4-6-22-7-5-18/h8H,2-7H2,1H3. The quantitative estimate of drug-likeness (QED) is 0.609. The minimum absolute atomic E-state index is 0.161. The van der Waals surface area contributed by atoms with E-state index >= 15 is 0 Å². The first-order valence-electron chi connectivity index (χ1n) is 6.97. The van der Waals surface area contributed by atoms with E-state index < -0.39 is 0 Å². The molecule has 2 aromatic heterocycles. The molecular formula is C13H16ClN5O3. The van der Waals surface area contributed by atoms with E-state index in [0.717, 1.165) is 13.1 Å². The van der Waals surface area contributed by atoms with Gasteiger partial charge < -0.3 is 18.9 Å². The van der Waals surface area contributed by atoms with Gasteiger partial charge >= 0.3 is 5.97 Å². The average molecular weight is 326 g/mol. The molecule has 3 heterocycles. The van der Waals surface area contributed by atoms with Gasteiger partial charge in [-0.25, -0.2) is 4.98 Å². The number of anilines is 1. The molecule has 0 radical (unpaired) electrons. The zero-order valence-corrected chi connectivity index (χ0v) is 12.9. The molecular weight excluding hydrogens is 310 g/mol. The number of imidazole rings is 1. The molecule has 1 fully saturated rings. The molecule has 1 saturated heterocycles. The summed E-state index contributed by atoms with van der Waals surface area (Å²) in [5.41, 5.74) is 1.29. The van der Waals surface area contributed by atoms with Gasteiger partial charge in [-0.15, -0.1) is 0 Å². The maximum Gasteiger partial charge on any atom is 0.307 e. The molecule has 118 valence electrons. The van der Waals surface area contributed by atoms with Gasteiger partial charge in [0, 0.05) is 19.6 Å². The number of carbonyl (C=O) groups excluding carboxylic acids is 1. The molecule has 0 amide bonds. The number of fused-ring (bicyclic) bond motifs is 1. The Labute approximate surface area is 132 Å². The fourth-order valence-electron chi connectivity index (χ4n) is 2.38. The lowest BCUT2D eigenvalue weighted by atomic mass is 10.3. The lowest BCUT2D eigenvalue weighted by Crippen LogP contribution is -2.37. The van der Waals surface area contributed by atoms with Crippen LogP contribution in [0.4, 0.5) is 5.82 Å². The van der Waals surface area contributed by atoms with Crippen LogP contribution < -0.4 is 4.90 Å². The molecule has 0 aliphatic carbocycles. The molecule has 0 unspecified atom stereocenters. The van der Waals surface area contributed by atoms with Crippen LogP contribution in [0.1, 0.15) is 6.42 Å². The number of methoxy groups -OCH3 is 1. The van der Waals surface area contributed by atoms with E-state index in [-0.39, 0.29) is 17.7 Å². The molecule has 3 rings (SSSR count). The van der Waals surface area contributed by atoms with Crippen molar-refractivity contribution in [1.82, 2.24) is 19.5 Å². The van der Waals surface area contributed by atoms with Crippen molar-refractivity contribution in [3.05, 3.63) is 11.6 Å². The van der Waals surface area contributed by atoms with Gasteiger partial charge in [-0.2, -0.15) is 9.97 Å².